The lowest BCUT2D eigenvalue weighted by molar-refractivity contribution is -0.137. The Kier molecular flexibility index (Phi) is 4.52. The van der Waals surface area contributed by atoms with Crippen molar-refractivity contribution >= 4 is 22.9 Å². The maximum absolute atomic E-state index is 12.9. The van der Waals surface area contributed by atoms with Crippen LogP contribution in [0.3, 0.4) is 0 Å². The monoisotopic (exact) mass is 387 g/mol. The quantitative estimate of drug-likeness (QED) is 0.576. The number of carbonyl (C=O) groups excluding carboxylic acids is 1. The Morgan fingerprint density at radius 2 is 1.93 bits per heavy atom. The Bertz CT molecular complexity index is 979. The molecule has 1 aromatic heterocycles. The first-order chi connectivity index (χ1) is 12.9. The maximum atomic E-state index is 12.9. The molecule has 2 nitrogen and oxygen atoms in total. The second-order valence-electron chi connectivity index (χ2n) is 6.53. The number of hydrogen-bond acceptors (Lipinski definition) is 2. The zero-order valence-corrected chi connectivity index (χ0v) is 15.1. The smallest absolute Gasteiger partial charge is 0.312 e. The summed E-state index contributed by atoms with van der Waals surface area (Å²) in [5.41, 5.74) is 3.86. The molecule has 1 aliphatic heterocycles. The summed E-state index contributed by atoms with van der Waals surface area (Å²) in [5, 5.41) is 4.10. The van der Waals surface area contributed by atoms with Crippen LogP contribution in [0.1, 0.15) is 16.7 Å². The van der Waals surface area contributed by atoms with E-state index in [0.29, 0.717) is 12.1 Å². The van der Waals surface area contributed by atoms with Crippen molar-refractivity contribution in [2.24, 2.45) is 0 Å². The average Bonchev–Trinajstić information content (AvgIpc) is 3.30. The topological polar surface area (TPSA) is 20.3 Å². The van der Waals surface area contributed by atoms with Crippen molar-refractivity contribution in [1.29, 1.82) is 0 Å². The minimum Gasteiger partial charge on any atom is -0.312 e. The summed E-state index contributed by atoms with van der Waals surface area (Å²) in [5.74, 6) is -0.184. The predicted octanol–water partition coefficient (Wildman–Crippen LogP) is 5.57. The molecule has 0 aliphatic carbocycles. The van der Waals surface area contributed by atoms with Crippen molar-refractivity contribution in [2.45, 2.75) is 19.0 Å². The van der Waals surface area contributed by atoms with Gasteiger partial charge in [0.05, 0.1) is 12.0 Å². The van der Waals surface area contributed by atoms with Gasteiger partial charge in [-0.3, -0.25) is 4.79 Å². The number of alkyl halides is 3. The van der Waals surface area contributed by atoms with E-state index in [1.165, 1.54) is 6.07 Å². The van der Waals surface area contributed by atoms with Crippen molar-refractivity contribution in [2.75, 3.05) is 11.4 Å². The van der Waals surface area contributed by atoms with E-state index in [9.17, 15) is 18.0 Å². The Morgan fingerprint density at radius 3 is 2.67 bits per heavy atom. The van der Waals surface area contributed by atoms with Crippen molar-refractivity contribution < 1.29 is 18.0 Å². The van der Waals surface area contributed by atoms with Gasteiger partial charge in [-0.25, -0.2) is 0 Å². The van der Waals surface area contributed by atoms with Crippen LogP contribution in [-0.4, -0.2) is 12.5 Å². The third kappa shape index (κ3) is 3.62. The molecule has 0 fully saturated rings. The Labute approximate surface area is 158 Å². The zero-order valence-electron chi connectivity index (χ0n) is 14.3. The first kappa shape index (κ1) is 17.8. The van der Waals surface area contributed by atoms with Crippen molar-refractivity contribution in [3.8, 4) is 11.1 Å². The van der Waals surface area contributed by atoms with E-state index < -0.39 is 11.7 Å². The van der Waals surface area contributed by atoms with Crippen LogP contribution in [0, 0.1) is 0 Å². The first-order valence-electron chi connectivity index (χ1n) is 8.54. The lowest BCUT2D eigenvalue weighted by atomic mass is 10.0. The van der Waals surface area contributed by atoms with E-state index >= 15 is 0 Å². The number of rotatable bonds is 3. The molecule has 1 aliphatic rings. The van der Waals surface area contributed by atoms with Gasteiger partial charge in [0, 0.05) is 12.2 Å². The molecule has 4 rings (SSSR count). The average molecular weight is 387 g/mol. The van der Waals surface area contributed by atoms with Crippen molar-refractivity contribution in [1.82, 2.24) is 0 Å². The predicted molar refractivity (Wildman–Crippen MR) is 101 cm³/mol. The zero-order chi connectivity index (χ0) is 19.0. The van der Waals surface area contributed by atoms with E-state index in [1.807, 2.05) is 17.5 Å². The van der Waals surface area contributed by atoms with Crippen LogP contribution < -0.4 is 4.90 Å². The van der Waals surface area contributed by atoms with Crippen LogP contribution >= 0.6 is 11.3 Å². The Morgan fingerprint density at radius 1 is 1.07 bits per heavy atom. The summed E-state index contributed by atoms with van der Waals surface area (Å²) in [6.45, 7) is 0.556. The molecule has 0 spiro atoms. The lowest BCUT2D eigenvalue weighted by Crippen LogP contribution is -2.30. The number of nitrogens with zero attached hydrogens (tertiary/aromatic N) is 1. The first-order valence-corrected chi connectivity index (χ1v) is 9.48. The van der Waals surface area contributed by atoms with E-state index in [-0.39, 0.29) is 12.3 Å². The lowest BCUT2D eigenvalue weighted by Gasteiger charge is -2.18. The van der Waals surface area contributed by atoms with Gasteiger partial charge < -0.3 is 4.90 Å². The number of hydrogen-bond donors (Lipinski definition) is 0. The van der Waals surface area contributed by atoms with E-state index in [0.717, 1.165) is 40.9 Å². The van der Waals surface area contributed by atoms with Gasteiger partial charge in [0.2, 0.25) is 5.91 Å². The summed E-state index contributed by atoms with van der Waals surface area (Å²) >= 11 is 1.63. The van der Waals surface area contributed by atoms with E-state index in [4.69, 9.17) is 0 Å². The Hall–Kier alpha value is -2.60. The highest BCUT2D eigenvalue weighted by Gasteiger charge is 2.31. The molecule has 0 bridgehead atoms. The van der Waals surface area contributed by atoms with Crippen molar-refractivity contribution in [3.63, 3.8) is 0 Å². The molecule has 0 unspecified atom stereocenters. The molecule has 6 heteroatoms. The van der Waals surface area contributed by atoms with Gasteiger partial charge in [-0.05, 0) is 63.7 Å². The van der Waals surface area contributed by atoms with Crippen LogP contribution in [-0.2, 0) is 23.8 Å². The standard InChI is InChI=1S/C21H16F3NOS/c22-21(23,24)18-3-1-2-14(10-18)11-20(26)25-8-6-16-12-15(4-5-19(16)25)17-7-9-27-13-17/h1-5,7,9-10,12-13H,6,8,11H2. The second kappa shape index (κ2) is 6.85. The van der Waals surface area contributed by atoms with Gasteiger partial charge in [0.1, 0.15) is 0 Å². The Balaban J connectivity index is 1.54. The molecule has 138 valence electrons. The molecule has 0 atom stereocenters. The van der Waals surface area contributed by atoms with Crippen LogP contribution in [0.5, 0.6) is 0 Å². The van der Waals surface area contributed by atoms with Crippen LogP contribution in [0.2, 0.25) is 0 Å². The normalized spacial score (nSPS) is 13.7. The van der Waals surface area contributed by atoms with Gasteiger partial charge in [-0.1, -0.05) is 24.3 Å². The number of fused-ring (bicyclic) bond motifs is 1. The third-order valence-corrected chi connectivity index (χ3v) is 5.42. The van der Waals surface area contributed by atoms with E-state index in [2.05, 4.69) is 17.5 Å². The number of amides is 1. The van der Waals surface area contributed by atoms with Crippen molar-refractivity contribution in [3.05, 3.63) is 76.0 Å². The maximum Gasteiger partial charge on any atom is 0.416 e. The summed E-state index contributed by atoms with van der Waals surface area (Å²) in [6.07, 6.45) is -3.70. The highest BCUT2D eigenvalue weighted by atomic mass is 32.1. The molecule has 0 N–H and O–H groups in total. The number of anilines is 1. The molecular formula is C21H16F3NOS. The summed E-state index contributed by atoms with van der Waals surface area (Å²) in [7, 11) is 0. The van der Waals surface area contributed by atoms with Gasteiger partial charge in [-0.2, -0.15) is 24.5 Å². The molecule has 0 saturated heterocycles. The third-order valence-electron chi connectivity index (χ3n) is 4.74. The van der Waals surface area contributed by atoms with Gasteiger partial charge in [0.15, 0.2) is 0 Å². The fourth-order valence-electron chi connectivity index (χ4n) is 3.40. The summed E-state index contributed by atoms with van der Waals surface area (Å²) < 4.78 is 38.6. The van der Waals surface area contributed by atoms with Gasteiger partial charge in [-0.15, -0.1) is 0 Å². The van der Waals surface area contributed by atoms with Crippen LogP contribution in [0.15, 0.2) is 59.3 Å². The minimum atomic E-state index is -4.41. The number of carbonyl (C=O) groups is 1. The SMILES string of the molecule is O=C(Cc1cccc(C(F)(F)F)c1)N1CCc2cc(-c3ccsc3)ccc21. The van der Waals surface area contributed by atoms with Gasteiger partial charge in [0.25, 0.3) is 0 Å². The molecule has 0 radical (unpaired) electrons. The van der Waals surface area contributed by atoms with Crippen LogP contribution in [0.25, 0.3) is 11.1 Å². The van der Waals surface area contributed by atoms with E-state index in [1.54, 1.807) is 22.3 Å². The summed E-state index contributed by atoms with van der Waals surface area (Å²) in [6, 6.07) is 13.0. The number of benzene rings is 2. The molecular weight excluding hydrogens is 371 g/mol. The largest absolute Gasteiger partial charge is 0.416 e. The molecule has 1 amide bonds. The second-order valence-corrected chi connectivity index (χ2v) is 7.31. The number of halogens is 3. The molecule has 0 saturated carbocycles. The van der Waals surface area contributed by atoms with Gasteiger partial charge >= 0.3 is 6.18 Å². The molecule has 27 heavy (non-hydrogen) atoms. The molecule has 2 heterocycles. The fourth-order valence-corrected chi connectivity index (χ4v) is 4.06. The number of thiophene rings is 1. The highest BCUT2D eigenvalue weighted by molar-refractivity contribution is 7.08. The molecule has 2 aromatic carbocycles. The summed E-state index contributed by atoms with van der Waals surface area (Å²) in [4.78, 5) is 14.4. The van der Waals surface area contributed by atoms with Crippen LogP contribution in [0.4, 0.5) is 18.9 Å². The fraction of sp³-hybridized carbons (Fsp3) is 0.190. The highest BCUT2D eigenvalue weighted by Crippen LogP contribution is 2.34. The minimum absolute atomic E-state index is 0.0460. The molecule has 3 aromatic rings.